The van der Waals surface area contributed by atoms with Crippen LogP contribution in [0.2, 0.25) is 0 Å². The van der Waals surface area contributed by atoms with E-state index in [1.54, 1.807) is 0 Å². The van der Waals surface area contributed by atoms with Gasteiger partial charge in [0.2, 0.25) is 0 Å². The monoisotopic (exact) mass is 204 g/mol. The fourth-order valence-electron chi connectivity index (χ4n) is 1.83. The maximum atomic E-state index is 12.1. The van der Waals surface area contributed by atoms with Crippen LogP contribution < -0.4 is 0 Å². The predicted molar refractivity (Wildman–Crippen MR) is 63.9 cm³/mol. The van der Waals surface area contributed by atoms with Gasteiger partial charge in [-0.2, -0.15) is 0 Å². The summed E-state index contributed by atoms with van der Waals surface area (Å²) in [5.41, 5.74) is 1.16. The Bertz CT molecular complexity index is 302. The number of hydrogen-bond donors (Lipinski definition) is 0. The zero-order valence-electron chi connectivity index (χ0n) is 9.86. The molecule has 0 saturated carbocycles. The highest BCUT2D eigenvalue weighted by Gasteiger charge is 2.22. The van der Waals surface area contributed by atoms with Gasteiger partial charge < -0.3 is 0 Å². The van der Waals surface area contributed by atoms with Crippen molar-refractivity contribution in [2.24, 2.45) is 5.92 Å². The van der Waals surface area contributed by atoms with E-state index in [2.05, 4.69) is 26.0 Å². The third-order valence-corrected chi connectivity index (χ3v) is 3.05. The Labute approximate surface area is 92.5 Å². The second-order valence-corrected chi connectivity index (χ2v) is 4.08. The molecule has 0 aliphatic heterocycles. The molecule has 1 aromatic carbocycles. The Morgan fingerprint density at radius 2 is 1.73 bits per heavy atom. The van der Waals surface area contributed by atoms with Crippen LogP contribution in [-0.4, -0.2) is 5.78 Å². The van der Waals surface area contributed by atoms with Gasteiger partial charge in [-0.1, -0.05) is 51.1 Å². The number of ketones is 1. The van der Waals surface area contributed by atoms with Crippen molar-refractivity contribution in [3.63, 3.8) is 0 Å². The molecule has 0 bridgehead atoms. The van der Waals surface area contributed by atoms with Crippen molar-refractivity contribution in [2.75, 3.05) is 0 Å². The van der Waals surface area contributed by atoms with E-state index in [4.69, 9.17) is 0 Å². The lowest BCUT2D eigenvalue weighted by molar-refractivity contribution is -0.124. The second kappa shape index (κ2) is 5.69. The van der Waals surface area contributed by atoms with Gasteiger partial charge in [-0.25, -0.2) is 0 Å². The Kier molecular flexibility index (Phi) is 4.54. The summed E-state index contributed by atoms with van der Waals surface area (Å²) in [5.74, 6) is 0.641. The van der Waals surface area contributed by atoms with Gasteiger partial charge >= 0.3 is 0 Å². The standard InChI is InChI=1S/C14H20O/c1-4-11(3)14(15)13(5-2)12-9-7-6-8-10-12/h6-11,13H,4-5H2,1-3H3. The minimum Gasteiger partial charge on any atom is -0.299 e. The molecule has 15 heavy (non-hydrogen) atoms. The Morgan fingerprint density at radius 1 is 1.13 bits per heavy atom. The van der Waals surface area contributed by atoms with E-state index < -0.39 is 0 Å². The number of carbonyl (C=O) groups excluding carboxylic acids is 1. The Morgan fingerprint density at radius 3 is 2.20 bits per heavy atom. The summed E-state index contributed by atoms with van der Waals surface area (Å²) in [5, 5.41) is 0. The molecule has 0 N–H and O–H groups in total. The molecule has 1 nitrogen and oxygen atoms in total. The summed E-state index contributed by atoms with van der Waals surface area (Å²) in [6.07, 6.45) is 1.83. The largest absolute Gasteiger partial charge is 0.299 e. The van der Waals surface area contributed by atoms with Gasteiger partial charge in [0.05, 0.1) is 0 Å². The fraction of sp³-hybridized carbons (Fsp3) is 0.500. The van der Waals surface area contributed by atoms with Crippen molar-refractivity contribution in [3.05, 3.63) is 35.9 Å². The smallest absolute Gasteiger partial charge is 0.143 e. The lowest BCUT2D eigenvalue weighted by Gasteiger charge is -2.17. The van der Waals surface area contributed by atoms with Crippen molar-refractivity contribution in [3.8, 4) is 0 Å². The zero-order chi connectivity index (χ0) is 11.3. The number of benzene rings is 1. The highest BCUT2D eigenvalue weighted by Crippen LogP contribution is 2.24. The highest BCUT2D eigenvalue weighted by molar-refractivity contribution is 5.87. The third-order valence-electron chi connectivity index (χ3n) is 3.05. The molecule has 0 saturated heterocycles. The molecule has 1 aromatic rings. The van der Waals surface area contributed by atoms with Crippen LogP contribution in [0.15, 0.2) is 30.3 Å². The fourth-order valence-corrected chi connectivity index (χ4v) is 1.83. The van der Waals surface area contributed by atoms with Gasteiger partial charge in [-0.05, 0) is 18.4 Å². The normalized spacial score (nSPS) is 14.6. The maximum absolute atomic E-state index is 12.1. The first-order chi connectivity index (χ1) is 7.20. The van der Waals surface area contributed by atoms with Crippen LogP contribution in [-0.2, 0) is 4.79 Å². The van der Waals surface area contributed by atoms with Gasteiger partial charge in [0.1, 0.15) is 5.78 Å². The number of carbonyl (C=O) groups is 1. The molecule has 0 aliphatic carbocycles. The summed E-state index contributed by atoms with van der Waals surface area (Å²) in [6, 6.07) is 10.1. The quantitative estimate of drug-likeness (QED) is 0.713. The number of rotatable bonds is 5. The lowest BCUT2D eigenvalue weighted by atomic mass is 9.85. The third kappa shape index (κ3) is 2.92. The molecule has 1 rings (SSSR count). The van der Waals surface area contributed by atoms with Crippen molar-refractivity contribution in [1.82, 2.24) is 0 Å². The van der Waals surface area contributed by atoms with E-state index in [-0.39, 0.29) is 11.8 Å². The second-order valence-electron chi connectivity index (χ2n) is 4.08. The van der Waals surface area contributed by atoms with Crippen molar-refractivity contribution in [1.29, 1.82) is 0 Å². The molecule has 0 amide bonds. The van der Waals surface area contributed by atoms with Crippen molar-refractivity contribution >= 4 is 5.78 Å². The molecule has 0 aromatic heterocycles. The molecule has 82 valence electrons. The summed E-state index contributed by atoms with van der Waals surface area (Å²) < 4.78 is 0. The summed E-state index contributed by atoms with van der Waals surface area (Å²) in [7, 11) is 0. The topological polar surface area (TPSA) is 17.1 Å². The molecule has 0 aliphatic rings. The Balaban J connectivity index is 2.85. The molecule has 2 atom stereocenters. The summed E-state index contributed by atoms with van der Waals surface area (Å²) >= 11 is 0. The summed E-state index contributed by atoms with van der Waals surface area (Å²) in [4.78, 5) is 12.1. The van der Waals surface area contributed by atoms with E-state index >= 15 is 0 Å². The Hall–Kier alpha value is -1.11. The first-order valence-electron chi connectivity index (χ1n) is 5.79. The number of hydrogen-bond acceptors (Lipinski definition) is 1. The van der Waals surface area contributed by atoms with Crippen molar-refractivity contribution in [2.45, 2.75) is 39.5 Å². The molecule has 2 unspecified atom stereocenters. The van der Waals surface area contributed by atoms with Gasteiger partial charge in [0.15, 0.2) is 0 Å². The van der Waals surface area contributed by atoms with Crippen molar-refractivity contribution < 1.29 is 4.79 Å². The minimum absolute atomic E-state index is 0.0844. The predicted octanol–water partition coefficient (Wildman–Crippen LogP) is 3.80. The van der Waals surface area contributed by atoms with Crippen LogP contribution in [0.25, 0.3) is 0 Å². The van der Waals surface area contributed by atoms with Crippen LogP contribution >= 0.6 is 0 Å². The number of Topliss-reactive ketones (excluding diaryl/α,β-unsaturated/α-hetero) is 1. The molecular weight excluding hydrogens is 184 g/mol. The van der Waals surface area contributed by atoms with Gasteiger partial charge in [0, 0.05) is 11.8 Å². The van der Waals surface area contributed by atoms with E-state index in [1.165, 1.54) is 0 Å². The van der Waals surface area contributed by atoms with Gasteiger partial charge in [-0.3, -0.25) is 4.79 Å². The van der Waals surface area contributed by atoms with Crippen LogP contribution in [0.4, 0.5) is 0 Å². The summed E-state index contributed by atoms with van der Waals surface area (Å²) in [6.45, 7) is 6.17. The van der Waals surface area contributed by atoms with Crippen LogP contribution in [0.5, 0.6) is 0 Å². The molecular formula is C14H20O. The first kappa shape index (κ1) is 12.0. The molecule has 0 radical (unpaired) electrons. The average molecular weight is 204 g/mol. The molecule has 0 fully saturated rings. The SMILES string of the molecule is CCC(C)C(=O)C(CC)c1ccccc1. The maximum Gasteiger partial charge on any atom is 0.143 e. The average Bonchev–Trinajstić information content (AvgIpc) is 2.30. The lowest BCUT2D eigenvalue weighted by Crippen LogP contribution is -2.19. The van der Waals surface area contributed by atoms with Gasteiger partial charge in [0.25, 0.3) is 0 Å². The highest BCUT2D eigenvalue weighted by atomic mass is 16.1. The zero-order valence-corrected chi connectivity index (χ0v) is 9.86. The van der Waals surface area contributed by atoms with Crippen LogP contribution in [0.3, 0.4) is 0 Å². The van der Waals surface area contributed by atoms with E-state index in [1.807, 2.05) is 25.1 Å². The van der Waals surface area contributed by atoms with E-state index in [9.17, 15) is 4.79 Å². The van der Waals surface area contributed by atoms with E-state index in [0.29, 0.717) is 5.78 Å². The van der Waals surface area contributed by atoms with Gasteiger partial charge in [-0.15, -0.1) is 0 Å². The first-order valence-corrected chi connectivity index (χ1v) is 5.79. The molecule has 0 spiro atoms. The molecule has 0 heterocycles. The van der Waals surface area contributed by atoms with Crippen LogP contribution in [0, 0.1) is 5.92 Å². The molecule has 1 heteroatoms. The van der Waals surface area contributed by atoms with Crippen LogP contribution in [0.1, 0.15) is 45.1 Å². The minimum atomic E-state index is 0.0844. The van der Waals surface area contributed by atoms with E-state index in [0.717, 1.165) is 18.4 Å².